The zero-order valence-electron chi connectivity index (χ0n) is 11.8. The fourth-order valence-corrected chi connectivity index (χ4v) is 4.23. The lowest BCUT2D eigenvalue weighted by atomic mass is 10.2. The smallest absolute Gasteiger partial charge is 0.337 e. The third-order valence-electron chi connectivity index (χ3n) is 3.30. The molecule has 6 nitrogen and oxygen atoms in total. The van der Waals surface area contributed by atoms with Crippen molar-refractivity contribution in [1.82, 2.24) is 9.62 Å². The molecule has 2 rings (SSSR count). The number of carbonyl (C=O) groups is 1. The standard InChI is InChI=1S/C13H17ClN2O4S/c1-9-8-16(6-5-15-9)21(18,19)12-7-10(13(17)20-2)3-4-11(12)14/h3-4,7,9,15H,5-6,8H2,1-2H3. The van der Waals surface area contributed by atoms with Gasteiger partial charge in [0.15, 0.2) is 0 Å². The van der Waals surface area contributed by atoms with Crippen LogP contribution in [0.2, 0.25) is 5.02 Å². The minimum absolute atomic E-state index is 0.0658. The molecule has 8 heteroatoms. The number of piperazine rings is 1. The SMILES string of the molecule is COC(=O)c1ccc(Cl)c(S(=O)(=O)N2CCNC(C)C2)c1. The Hall–Kier alpha value is -1.15. The molecule has 1 aromatic carbocycles. The van der Waals surface area contributed by atoms with E-state index in [4.69, 9.17) is 11.6 Å². The monoisotopic (exact) mass is 332 g/mol. The molecule has 1 N–H and O–H groups in total. The van der Waals surface area contributed by atoms with Crippen LogP contribution in [0.5, 0.6) is 0 Å². The molecule has 0 radical (unpaired) electrons. The van der Waals surface area contributed by atoms with Gasteiger partial charge in [-0.1, -0.05) is 11.6 Å². The summed E-state index contributed by atoms with van der Waals surface area (Å²) in [4.78, 5) is 11.5. The van der Waals surface area contributed by atoms with Crippen molar-refractivity contribution in [3.05, 3.63) is 28.8 Å². The molecule has 1 aromatic rings. The largest absolute Gasteiger partial charge is 0.465 e. The Morgan fingerprint density at radius 2 is 2.19 bits per heavy atom. The molecule has 0 aliphatic carbocycles. The first-order valence-corrected chi connectivity index (χ1v) is 8.29. The Morgan fingerprint density at radius 3 is 2.81 bits per heavy atom. The van der Waals surface area contributed by atoms with Crippen LogP contribution in [-0.4, -0.2) is 51.5 Å². The zero-order valence-corrected chi connectivity index (χ0v) is 13.4. The number of nitrogens with one attached hydrogen (secondary N) is 1. The molecule has 0 amide bonds. The van der Waals surface area contributed by atoms with Crippen molar-refractivity contribution in [2.45, 2.75) is 17.9 Å². The molecule has 1 fully saturated rings. The second-order valence-electron chi connectivity index (χ2n) is 4.86. The summed E-state index contributed by atoms with van der Waals surface area (Å²) in [5, 5.41) is 3.27. The molecule has 1 aliphatic heterocycles. The van der Waals surface area contributed by atoms with Crippen molar-refractivity contribution < 1.29 is 17.9 Å². The van der Waals surface area contributed by atoms with Crippen molar-refractivity contribution in [1.29, 1.82) is 0 Å². The Balaban J connectivity index is 2.41. The van der Waals surface area contributed by atoms with E-state index in [0.29, 0.717) is 19.6 Å². The van der Waals surface area contributed by atoms with E-state index in [1.165, 1.54) is 29.6 Å². The van der Waals surface area contributed by atoms with Crippen molar-refractivity contribution in [2.24, 2.45) is 0 Å². The number of rotatable bonds is 3. The van der Waals surface area contributed by atoms with E-state index < -0.39 is 16.0 Å². The molecule has 0 saturated carbocycles. The summed E-state index contributed by atoms with van der Waals surface area (Å²) in [5.74, 6) is -0.600. The van der Waals surface area contributed by atoms with Crippen LogP contribution < -0.4 is 5.32 Å². The average molecular weight is 333 g/mol. The van der Waals surface area contributed by atoms with E-state index >= 15 is 0 Å². The Bertz CT molecular complexity index is 648. The minimum atomic E-state index is -3.74. The number of sulfonamides is 1. The predicted molar refractivity (Wildman–Crippen MR) is 79.0 cm³/mol. The first kappa shape index (κ1) is 16.2. The van der Waals surface area contributed by atoms with Gasteiger partial charge in [-0.05, 0) is 25.1 Å². The van der Waals surface area contributed by atoms with Gasteiger partial charge < -0.3 is 10.1 Å². The number of ether oxygens (including phenoxy) is 1. The maximum atomic E-state index is 12.7. The second-order valence-corrected chi connectivity index (χ2v) is 7.17. The highest BCUT2D eigenvalue weighted by molar-refractivity contribution is 7.89. The molecule has 0 spiro atoms. The van der Waals surface area contributed by atoms with E-state index in [9.17, 15) is 13.2 Å². The van der Waals surface area contributed by atoms with E-state index in [0.717, 1.165) is 0 Å². The normalized spacial score (nSPS) is 20.2. The van der Waals surface area contributed by atoms with Crippen LogP contribution in [0.25, 0.3) is 0 Å². The molecule has 1 aliphatic rings. The summed E-state index contributed by atoms with van der Waals surface area (Å²) >= 11 is 6.01. The van der Waals surface area contributed by atoms with Crippen molar-refractivity contribution in [2.75, 3.05) is 26.7 Å². The van der Waals surface area contributed by atoms with E-state index in [1.807, 2.05) is 6.92 Å². The zero-order chi connectivity index (χ0) is 15.6. The number of esters is 1. The van der Waals surface area contributed by atoms with Crippen molar-refractivity contribution in [3.63, 3.8) is 0 Å². The van der Waals surface area contributed by atoms with Gasteiger partial charge in [0.25, 0.3) is 0 Å². The van der Waals surface area contributed by atoms with Crippen LogP contribution in [0, 0.1) is 0 Å². The number of halogens is 1. The number of methoxy groups -OCH3 is 1. The van der Waals surface area contributed by atoms with Gasteiger partial charge in [-0.25, -0.2) is 13.2 Å². The lowest BCUT2D eigenvalue weighted by molar-refractivity contribution is 0.0600. The fourth-order valence-electron chi connectivity index (χ4n) is 2.20. The highest BCUT2D eigenvalue weighted by atomic mass is 35.5. The summed E-state index contributed by atoms with van der Waals surface area (Å²) in [6.45, 7) is 3.22. The fraction of sp³-hybridized carbons (Fsp3) is 0.462. The molecule has 1 saturated heterocycles. The quantitative estimate of drug-likeness (QED) is 0.839. The van der Waals surface area contributed by atoms with Crippen LogP contribution in [0.4, 0.5) is 0 Å². The summed E-state index contributed by atoms with van der Waals surface area (Å²) in [5.41, 5.74) is 0.156. The van der Waals surface area contributed by atoms with Gasteiger partial charge in [0, 0.05) is 25.7 Å². The van der Waals surface area contributed by atoms with Gasteiger partial charge in [-0.2, -0.15) is 4.31 Å². The molecule has 1 heterocycles. The van der Waals surface area contributed by atoms with Crippen LogP contribution in [-0.2, 0) is 14.8 Å². The van der Waals surface area contributed by atoms with Gasteiger partial charge in [0.1, 0.15) is 4.90 Å². The molecule has 116 valence electrons. The molecule has 21 heavy (non-hydrogen) atoms. The van der Waals surface area contributed by atoms with Crippen LogP contribution in [0.15, 0.2) is 23.1 Å². The van der Waals surface area contributed by atoms with Gasteiger partial charge in [0.2, 0.25) is 10.0 Å². The summed E-state index contributed by atoms with van der Waals surface area (Å²) < 4.78 is 31.3. The van der Waals surface area contributed by atoms with Crippen molar-refractivity contribution in [3.8, 4) is 0 Å². The van der Waals surface area contributed by atoms with Gasteiger partial charge in [0.05, 0.1) is 17.7 Å². The third-order valence-corrected chi connectivity index (χ3v) is 5.65. The number of nitrogens with zero attached hydrogens (tertiary/aromatic N) is 1. The van der Waals surface area contributed by atoms with Gasteiger partial charge in [-0.15, -0.1) is 0 Å². The summed E-state index contributed by atoms with van der Waals surface area (Å²) in [6, 6.07) is 4.16. The third kappa shape index (κ3) is 3.37. The van der Waals surface area contributed by atoms with Crippen LogP contribution in [0.3, 0.4) is 0 Å². The van der Waals surface area contributed by atoms with Gasteiger partial charge >= 0.3 is 5.97 Å². The van der Waals surface area contributed by atoms with E-state index in [2.05, 4.69) is 10.1 Å². The average Bonchev–Trinajstić information content (AvgIpc) is 2.46. The Labute approximate surface area is 129 Å². The predicted octanol–water partition coefficient (Wildman–Crippen LogP) is 1.11. The van der Waals surface area contributed by atoms with Crippen molar-refractivity contribution >= 4 is 27.6 Å². The number of hydrogen-bond donors (Lipinski definition) is 1. The lowest BCUT2D eigenvalue weighted by Gasteiger charge is -2.31. The lowest BCUT2D eigenvalue weighted by Crippen LogP contribution is -2.51. The summed E-state index contributed by atoms with van der Waals surface area (Å²) in [7, 11) is -2.50. The highest BCUT2D eigenvalue weighted by Crippen LogP contribution is 2.26. The Kier molecular flexibility index (Phi) is 4.88. The first-order valence-electron chi connectivity index (χ1n) is 6.47. The van der Waals surface area contributed by atoms with E-state index in [1.54, 1.807) is 0 Å². The molecule has 0 bridgehead atoms. The first-order chi connectivity index (χ1) is 9.86. The van der Waals surface area contributed by atoms with Gasteiger partial charge in [-0.3, -0.25) is 0 Å². The number of benzene rings is 1. The molecular formula is C13H17ClN2O4S. The number of hydrogen-bond acceptors (Lipinski definition) is 5. The molecular weight excluding hydrogens is 316 g/mol. The maximum Gasteiger partial charge on any atom is 0.337 e. The summed E-state index contributed by atoms with van der Waals surface area (Å²) in [6.07, 6.45) is 0. The second kappa shape index (κ2) is 6.31. The maximum absolute atomic E-state index is 12.7. The topological polar surface area (TPSA) is 75.7 Å². The molecule has 1 unspecified atom stereocenters. The molecule has 1 atom stereocenters. The Morgan fingerprint density at radius 1 is 1.48 bits per heavy atom. The highest BCUT2D eigenvalue weighted by Gasteiger charge is 2.30. The van der Waals surface area contributed by atoms with Crippen LogP contribution >= 0.6 is 11.6 Å². The van der Waals surface area contributed by atoms with Crippen LogP contribution in [0.1, 0.15) is 17.3 Å². The minimum Gasteiger partial charge on any atom is -0.465 e. The number of carbonyl (C=O) groups excluding carboxylic acids is 1. The molecule has 0 aromatic heterocycles. The van der Waals surface area contributed by atoms with E-state index in [-0.39, 0.29) is 21.5 Å².